The highest BCUT2D eigenvalue weighted by Crippen LogP contribution is 2.28. The van der Waals surface area contributed by atoms with Gasteiger partial charge >= 0.3 is 0 Å². The molecule has 0 saturated carbocycles. The van der Waals surface area contributed by atoms with Gasteiger partial charge in [0.15, 0.2) is 0 Å². The smallest absolute Gasteiger partial charge is 0.258 e. The van der Waals surface area contributed by atoms with Gasteiger partial charge < -0.3 is 10.1 Å². The number of pyridine rings is 2. The Balaban J connectivity index is 1.97. The van der Waals surface area contributed by atoms with Gasteiger partial charge in [0, 0.05) is 29.5 Å². The molecule has 2 aromatic heterocycles. The van der Waals surface area contributed by atoms with E-state index in [4.69, 9.17) is 16.3 Å². The number of halogens is 1. The molecule has 1 N–H and O–H groups in total. The number of methoxy groups -OCH3 is 1. The molecular weight excluding hydrogens is 302 g/mol. The van der Waals surface area contributed by atoms with Crippen molar-refractivity contribution in [3.05, 3.63) is 59.5 Å². The minimum Gasteiger partial charge on any atom is -0.494 e. The third-order valence-electron chi connectivity index (χ3n) is 3.15. The molecule has 3 aromatic rings. The zero-order chi connectivity index (χ0) is 15.5. The van der Waals surface area contributed by atoms with Crippen LogP contribution in [0.3, 0.4) is 0 Å². The minimum atomic E-state index is -0.330. The summed E-state index contributed by atoms with van der Waals surface area (Å²) in [6.07, 6.45) is 3.22. The van der Waals surface area contributed by atoms with Gasteiger partial charge in [-0.1, -0.05) is 17.7 Å². The molecule has 0 unspecified atom stereocenters. The summed E-state index contributed by atoms with van der Waals surface area (Å²) in [7, 11) is 1.56. The maximum absolute atomic E-state index is 12.3. The van der Waals surface area contributed by atoms with Crippen LogP contribution in [-0.4, -0.2) is 23.0 Å². The van der Waals surface area contributed by atoms with E-state index in [1.165, 1.54) is 6.20 Å². The lowest BCUT2D eigenvalue weighted by atomic mass is 10.1. The zero-order valence-corrected chi connectivity index (χ0v) is 12.5. The molecular formula is C16H12ClN3O2. The fraction of sp³-hybridized carbons (Fsp3) is 0.0625. The molecule has 2 heterocycles. The molecule has 0 aliphatic carbocycles. The number of rotatable bonds is 3. The summed E-state index contributed by atoms with van der Waals surface area (Å²) in [6.45, 7) is 0. The van der Waals surface area contributed by atoms with E-state index in [0.717, 1.165) is 10.9 Å². The molecule has 0 bridgehead atoms. The van der Waals surface area contributed by atoms with E-state index in [9.17, 15) is 4.79 Å². The van der Waals surface area contributed by atoms with Gasteiger partial charge in [-0.05, 0) is 24.3 Å². The Kier molecular flexibility index (Phi) is 3.89. The van der Waals surface area contributed by atoms with E-state index in [-0.39, 0.29) is 11.1 Å². The van der Waals surface area contributed by atoms with Crippen LogP contribution in [0.1, 0.15) is 10.4 Å². The van der Waals surface area contributed by atoms with Gasteiger partial charge in [-0.25, -0.2) is 4.98 Å². The van der Waals surface area contributed by atoms with E-state index in [0.29, 0.717) is 17.0 Å². The van der Waals surface area contributed by atoms with Gasteiger partial charge in [-0.15, -0.1) is 0 Å². The third-order valence-corrected chi connectivity index (χ3v) is 3.45. The molecule has 5 nitrogen and oxygen atoms in total. The van der Waals surface area contributed by atoms with Crippen molar-refractivity contribution in [2.75, 3.05) is 12.4 Å². The van der Waals surface area contributed by atoms with Gasteiger partial charge in [-0.3, -0.25) is 9.78 Å². The van der Waals surface area contributed by atoms with Crippen LogP contribution in [0, 0.1) is 0 Å². The summed E-state index contributed by atoms with van der Waals surface area (Å²) in [5.74, 6) is 0.258. The Morgan fingerprint density at radius 1 is 1.18 bits per heavy atom. The third kappa shape index (κ3) is 2.71. The maximum atomic E-state index is 12.3. The maximum Gasteiger partial charge on any atom is 0.258 e. The van der Waals surface area contributed by atoms with Crippen LogP contribution in [0.25, 0.3) is 10.9 Å². The fourth-order valence-electron chi connectivity index (χ4n) is 2.14. The average molecular weight is 314 g/mol. The Labute approximate surface area is 131 Å². The molecule has 1 amide bonds. The molecule has 3 rings (SSSR count). The van der Waals surface area contributed by atoms with Gasteiger partial charge in [0.05, 0.1) is 12.7 Å². The number of anilines is 1. The molecule has 22 heavy (non-hydrogen) atoms. The number of ether oxygens (including phenoxy) is 1. The van der Waals surface area contributed by atoms with Gasteiger partial charge in [0.25, 0.3) is 5.91 Å². The highest BCUT2D eigenvalue weighted by atomic mass is 35.5. The molecule has 0 saturated heterocycles. The van der Waals surface area contributed by atoms with Crippen molar-refractivity contribution in [1.82, 2.24) is 9.97 Å². The van der Waals surface area contributed by atoms with Crippen molar-refractivity contribution in [2.45, 2.75) is 0 Å². The highest BCUT2D eigenvalue weighted by Gasteiger charge is 2.12. The largest absolute Gasteiger partial charge is 0.494 e. The Bertz CT molecular complexity index is 852. The lowest BCUT2D eigenvalue weighted by molar-refractivity contribution is 0.102. The number of nitrogens with one attached hydrogen (secondary N) is 1. The van der Waals surface area contributed by atoms with Crippen molar-refractivity contribution in [3.8, 4) is 5.75 Å². The van der Waals surface area contributed by atoms with E-state index in [2.05, 4.69) is 15.3 Å². The molecule has 0 aliphatic heterocycles. The van der Waals surface area contributed by atoms with E-state index >= 15 is 0 Å². The molecule has 0 aliphatic rings. The summed E-state index contributed by atoms with van der Waals surface area (Å²) in [6, 6.07) is 10.5. The first kappa shape index (κ1) is 14.3. The molecule has 0 spiro atoms. The number of fused-ring (bicyclic) bond motifs is 1. The number of hydrogen-bond acceptors (Lipinski definition) is 4. The van der Waals surface area contributed by atoms with Gasteiger partial charge in [0.2, 0.25) is 0 Å². The lowest BCUT2D eigenvalue weighted by Gasteiger charge is -2.10. The second-order valence-electron chi connectivity index (χ2n) is 4.55. The Morgan fingerprint density at radius 2 is 1.95 bits per heavy atom. The second kappa shape index (κ2) is 5.99. The average Bonchev–Trinajstić information content (AvgIpc) is 2.54. The van der Waals surface area contributed by atoms with Crippen LogP contribution >= 0.6 is 11.6 Å². The van der Waals surface area contributed by atoms with Crippen molar-refractivity contribution in [2.24, 2.45) is 0 Å². The van der Waals surface area contributed by atoms with Crippen molar-refractivity contribution in [1.29, 1.82) is 0 Å². The summed E-state index contributed by atoms with van der Waals surface area (Å²) in [4.78, 5) is 20.4. The Hall–Kier alpha value is -2.66. The quantitative estimate of drug-likeness (QED) is 0.751. The monoisotopic (exact) mass is 313 g/mol. The lowest BCUT2D eigenvalue weighted by Crippen LogP contribution is -2.13. The molecule has 1 aromatic carbocycles. The summed E-state index contributed by atoms with van der Waals surface area (Å²) in [5.41, 5.74) is 1.65. The predicted octanol–water partition coefficient (Wildman–Crippen LogP) is 3.54. The summed E-state index contributed by atoms with van der Waals surface area (Å²) >= 11 is 5.93. The topological polar surface area (TPSA) is 64.1 Å². The van der Waals surface area contributed by atoms with E-state index in [1.54, 1.807) is 31.5 Å². The number of benzene rings is 1. The van der Waals surface area contributed by atoms with Gasteiger partial charge in [0.1, 0.15) is 16.4 Å². The second-order valence-corrected chi connectivity index (χ2v) is 4.91. The standard InChI is InChI=1S/C16H12ClN3O2/c1-22-13-9-11(8-10-4-2-6-18-14(10)13)20-16(21)12-5-3-7-19-15(12)17/h2-9H,1H3,(H,20,21). The molecule has 0 atom stereocenters. The van der Waals surface area contributed by atoms with Crippen molar-refractivity contribution in [3.63, 3.8) is 0 Å². The first-order chi connectivity index (χ1) is 10.7. The predicted molar refractivity (Wildman–Crippen MR) is 85.5 cm³/mol. The first-order valence-electron chi connectivity index (χ1n) is 6.53. The van der Waals surface area contributed by atoms with Crippen LogP contribution in [0.5, 0.6) is 5.75 Å². The summed E-state index contributed by atoms with van der Waals surface area (Å²) < 4.78 is 5.33. The van der Waals surface area contributed by atoms with Crippen molar-refractivity contribution < 1.29 is 9.53 Å². The zero-order valence-electron chi connectivity index (χ0n) is 11.7. The number of nitrogens with zero attached hydrogens (tertiary/aromatic N) is 2. The highest BCUT2D eigenvalue weighted by molar-refractivity contribution is 6.33. The van der Waals surface area contributed by atoms with Crippen LogP contribution in [0.15, 0.2) is 48.8 Å². The number of carbonyl (C=O) groups excluding carboxylic acids is 1. The van der Waals surface area contributed by atoms with Crippen LogP contribution in [-0.2, 0) is 0 Å². The normalized spacial score (nSPS) is 10.5. The van der Waals surface area contributed by atoms with Crippen LogP contribution < -0.4 is 10.1 Å². The summed E-state index contributed by atoms with van der Waals surface area (Å²) in [5, 5.41) is 3.83. The van der Waals surface area contributed by atoms with Crippen LogP contribution in [0.4, 0.5) is 5.69 Å². The fourth-order valence-corrected chi connectivity index (χ4v) is 2.35. The molecule has 0 fully saturated rings. The number of carbonyl (C=O) groups is 1. The molecule has 6 heteroatoms. The minimum absolute atomic E-state index is 0.162. The molecule has 0 radical (unpaired) electrons. The van der Waals surface area contributed by atoms with Crippen molar-refractivity contribution >= 4 is 34.1 Å². The van der Waals surface area contributed by atoms with Gasteiger partial charge in [-0.2, -0.15) is 0 Å². The molecule has 110 valence electrons. The van der Waals surface area contributed by atoms with E-state index in [1.807, 2.05) is 18.2 Å². The Morgan fingerprint density at radius 3 is 2.73 bits per heavy atom. The van der Waals surface area contributed by atoms with E-state index < -0.39 is 0 Å². The van der Waals surface area contributed by atoms with Crippen LogP contribution in [0.2, 0.25) is 5.15 Å². The number of hydrogen-bond donors (Lipinski definition) is 1. The number of aromatic nitrogens is 2. The first-order valence-corrected chi connectivity index (χ1v) is 6.91. The SMILES string of the molecule is COc1cc(NC(=O)c2cccnc2Cl)cc2cccnc12. The number of amides is 1.